The molecule has 2 aromatic rings. The summed E-state index contributed by atoms with van der Waals surface area (Å²) in [6.45, 7) is 5.42. The first kappa shape index (κ1) is 21.3. The fraction of sp³-hybridized carbons (Fsp3) is 0.429. The molecule has 3 heterocycles. The van der Waals surface area contributed by atoms with Gasteiger partial charge in [0.05, 0.1) is 10.0 Å². The number of hydrogen-bond acceptors (Lipinski definition) is 7. The van der Waals surface area contributed by atoms with Crippen LogP contribution in [0.25, 0.3) is 11.1 Å². The zero-order valence-electron chi connectivity index (χ0n) is 17.0. The molecule has 0 amide bonds. The third kappa shape index (κ3) is 4.55. The molecule has 1 atom stereocenters. The van der Waals surface area contributed by atoms with Gasteiger partial charge in [0.25, 0.3) is 0 Å². The Hall–Kier alpha value is -1.90. The molecule has 0 aliphatic carbocycles. The Bertz CT molecular complexity index is 936. The van der Waals surface area contributed by atoms with Gasteiger partial charge in [-0.1, -0.05) is 29.3 Å². The van der Waals surface area contributed by atoms with Crippen molar-refractivity contribution in [2.75, 3.05) is 50.8 Å². The van der Waals surface area contributed by atoms with Gasteiger partial charge in [-0.15, -0.1) is 0 Å². The zero-order chi connectivity index (χ0) is 21.3. The Morgan fingerprint density at radius 3 is 2.57 bits per heavy atom. The number of rotatable bonds is 5. The van der Waals surface area contributed by atoms with E-state index < -0.39 is 5.79 Å². The normalized spacial score (nSPS) is 22.0. The highest BCUT2D eigenvalue weighted by Crippen LogP contribution is 2.39. The first-order valence-electron chi connectivity index (χ1n) is 10.1. The van der Waals surface area contributed by atoms with Crippen LogP contribution in [0, 0.1) is 0 Å². The molecule has 4 rings (SSSR count). The van der Waals surface area contributed by atoms with E-state index in [0.29, 0.717) is 39.2 Å². The van der Waals surface area contributed by atoms with Gasteiger partial charge in [-0.3, -0.25) is 10.7 Å². The number of hydrogen-bond donors (Lipinski definition) is 3. The maximum atomic E-state index is 6.50. The second-order valence-corrected chi connectivity index (χ2v) is 8.83. The van der Waals surface area contributed by atoms with E-state index in [2.05, 4.69) is 32.1 Å². The number of nitrogens with zero attached hydrogens (tertiary/aromatic N) is 4. The van der Waals surface area contributed by atoms with Gasteiger partial charge >= 0.3 is 0 Å². The molecule has 0 spiro atoms. The molecule has 1 aromatic heterocycles. The maximum absolute atomic E-state index is 6.50. The second kappa shape index (κ2) is 8.69. The number of benzene rings is 1. The third-order valence-corrected chi connectivity index (χ3v) is 6.34. The van der Waals surface area contributed by atoms with Crippen molar-refractivity contribution in [1.82, 2.24) is 14.8 Å². The van der Waals surface area contributed by atoms with Crippen molar-refractivity contribution in [2.45, 2.75) is 18.6 Å². The summed E-state index contributed by atoms with van der Waals surface area (Å²) in [5.74, 6) is 0.0746. The second-order valence-electron chi connectivity index (χ2n) is 8.01. The van der Waals surface area contributed by atoms with Crippen LogP contribution in [0.3, 0.4) is 0 Å². The first-order valence-corrected chi connectivity index (χ1v) is 10.9. The molecular weight excluding hydrogens is 421 g/mol. The van der Waals surface area contributed by atoms with Crippen molar-refractivity contribution in [3.8, 4) is 11.1 Å². The summed E-state index contributed by atoms with van der Waals surface area (Å²) in [7, 11) is 2.16. The fourth-order valence-electron chi connectivity index (χ4n) is 3.89. The molecule has 0 bridgehead atoms. The van der Waals surface area contributed by atoms with Crippen molar-refractivity contribution >= 4 is 41.1 Å². The van der Waals surface area contributed by atoms with Crippen molar-refractivity contribution in [2.24, 2.45) is 10.7 Å². The van der Waals surface area contributed by atoms with E-state index >= 15 is 0 Å². The number of pyridine rings is 1. The lowest BCUT2D eigenvalue weighted by Gasteiger charge is -2.34. The Kier molecular flexibility index (Phi) is 6.18. The summed E-state index contributed by atoms with van der Waals surface area (Å²) in [6.07, 6.45) is 3.40. The molecule has 0 saturated carbocycles. The summed E-state index contributed by atoms with van der Waals surface area (Å²) < 4.78 is 0. The molecule has 2 aliphatic rings. The highest BCUT2D eigenvalue weighted by atomic mass is 35.5. The van der Waals surface area contributed by atoms with Crippen LogP contribution in [-0.2, 0) is 0 Å². The Morgan fingerprint density at radius 1 is 1.17 bits per heavy atom. The lowest BCUT2D eigenvalue weighted by molar-refractivity contribution is 0.150. The molecule has 0 radical (unpaired) electrons. The van der Waals surface area contributed by atoms with Gasteiger partial charge in [0.2, 0.25) is 0 Å². The molecule has 1 fully saturated rings. The van der Waals surface area contributed by atoms with Crippen molar-refractivity contribution in [3.63, 3.8) is 0 Å². The molecule has 1 saturated heterocycles. The van der Waals surface area contributed by atoms with E-state index in [-0.39, 0.29) is 0 Å². The predicted octanol–water partition coefficient (Wildman–Crippen LogP) is 3.12. The van der Waals surface area contributed by atoms with Gasteiger partial charge in [-0.05, 0) is 38.2 Å². The third-order valence-electron chi connectivity index (χ3n) is 5.71. The largest absolute Gasteiger partial charge is 0.383 e. The van der Waals surface area contributed by atoms with E-state index in [1.165, 1.54) is 0 Å². The van der Waals surface area contributed by atoms with Crippen LogP contribution in [0.5, 0.6) is 0 Å². The number of halogens is 2. The summed E-state index contributed by atoms with van der Waals surface area (Å²) in [4.78, 5) is 13.9. The molecule has 1 unspecified atom stereocenters. The number of nitrogens with one attached hydrogen (secondary N) is 1. The first-order chi connectivity index (χ1) is 14.3. The molecule has 30 heavy (non-hydrogen) atoms. The van der Waals surface area contributed by atoms with Crippen LogP contribution < -0.4 is 16.8 Å². The summed E-state index contributed by atoms with van der Waals surface area (Å²) in [5, 5.41) is 4.31. The van der Waals surface area contributed by atoms with Gasteiger partial charge in [-0.25, -0.2) is 4.98 Å². The number of piperazine rings is 1. The Labute approximate surface area is 187 Å². The van der Waals surface area contributed by atoms with Crippen LogP contribution in [0.2, 0.25) is 10.0 Å². The number of nitrogens with two attached hydrogens (primary N) is 2. The maximum Gasteiger partial charge on any atom is 0.183 e. The van der Waals surface area contributed by atoms with Gasteiger partial charge in [0, 0.05) is 55.5 Å². The lowest BCUT2D eigenvalue weighted by atomic mass is 10.0. The fourth-order valence-corrected chi connectivity index (χ4v) is 4.49. The van der Waals surface area contributed by atoms with Gasteiger partial charge in [-0.2, -0.15) is 0 Å². The van der Waals surface area contributed by atoms with E-state index in [4.69, 9.17) is 34.7 Å². The Balaban J connectivity index is 1.47. The molecule has 9 heteroatoms. The summed E-state index contributed by atoms with van der Waals surface area (Å²) in [6, 6.07) is 7.24. The topological polar surface area (TPSA) is 95.8 Å². The highest BCUT2D eigenvalue weighted by Gasteiger charge is 2.29. The van der Waals surface area contributed by atoms with Gasteiger partial charge in [0.1, 0.15) is 11.6 Å². The molecular formula is C21H27Cl2N7. The number of anilines is 2. The quantitative estimate of drug-likeness (QED) is 0.651. The van der Waals surface area contributed by atoms with Gasteiger partial charge < -0.3 is 20.9 Å². The van der Waals surface area contributed by atoms with Crippen molar-refractivity contribution in [3.05, 3.63) is 39.9 Å². The Morgan fingerprint density at radius 2 is 1.87 bits per heavy atom. The molecule has 2 aliphatic heterocycles. The molecule has 160 valence electrons. The van der Waals surface area contributed by atoms with Crippen LogP contribution in [0.15, 0.2) is 29.3 Å². The van der Waals surface area contributed by atoms with Crippen LogP contribution in [0.4, 0.5) is 11.6 Å². The van der Waals surface area contributed by atoms with Crippen LogP contribution >= 0.6 is 23.2 Å². The van der Waals surface area contributed by atoms with E-state index in [1.54, 1.807) is 24.4 Å². The smallest absolute Gasteiger partial charge is 0.183 e. The minimum Gasteiger partial charge on any atom is -0.383 e. The zero-order valence-corrected chi connectivity index (χ0v) is 18.5. The number of aromatic nitrogens is 1. The number of likely N-dealkylation sites (N-methyl/N-ethyl adjacent to an activating group) is 1. The predicted molar refractivity (Wildman–Crippen MR) is 125 cm³/mol. The van der Waals surface area contributed by atoms with Crippen molar-refractivity contribution < 1.29 is 0 Å². The average molecular weight is 448 g/mol. The molecule has 1 aromatic carbocycles. The standard InChI is InChI=1S/C21H27Cl2N7/c1-29-8-10-30(11-9-29)7-3-6-21(25)26-13-14-12-15(19(24)27-20(14)28-21)18-16(22)4-2-5-17(18)23/h2,4-5,12-13H,3,6-11,25H2,1H3,(H3,24,27,28). The van der Waals surface area contributed by atoms with Crippen LogP contribution in [-0.4, -0.2) is 66.6 Å². The lowest BCUT2D eigenvalue weighted by Crippen LogP contribution is -2.49. The van der Waals surface area contributed by atoms with Gasteiger partial charge in [0.15, 0.2) is 5.79 Å². The monoisotopic (exact) mass is 447 g/mol. The van der Waals surface area contributed by atoms with Crippen molar-refractivity contribution in [1.29, 1.82) is 0 Å². The number of fused-ring (bicyclic) bond motifs is 1. The minimum absolute atomic E-state index is 0.339. The highest BCUT2D eigenvalue weighted by molar-refractivity contribution is 6.39. The molecule has 5 N–H and O–H groups in total. The van der Waals surface area contributed by atoms with Crippen LogP contribution in [0.1, 0.15) is 18.4 Å². The van der Waals surface area contributed by atoms with E-state index in [9.17, 15) is 0 Å². The van der Waals surface area contributed by atoms with E-state index in [1.807, 2.05) is 6.07 Å². The average Bonchev–Trinajstić information content (AvgIpc) is 2.70. The number of nitrogen functional groups attached to an aromatic ring is 1. The SMILES string of the molecule is CN1CCN(CCCC2(N)N=Cc3cc(-c4c(Cl)cccc4Cl)c(N)nc3N2)CC1. The summed E-state index contributed by atoms with van der Waals surface area (Å²) in [5.41, 5.74) is 14.9. The summed E-state index contributed by atoms with van der Waals surface area (Å²) >= 11 is 12.7. The molecule has 7 nitrogen and oxygen atoms in total. The number of aliphatic imine (C=N–C) groups is 1. The van der Waals surface area contributed by atoms with E-state index in [0.717, 1.165) is 44.7 Å². The minimum atomic E-state index is -0.886.